The third-order valence-corrected chi connectivity index (χ3v) is 3.15. The number of carbonyl (C=O) groups is 1. The second-order valence-corrected chi connectivity index (χ2v) is 4.91. The number of aliphatic hydroxyl groups is 1. The predicted octanol–water partition coefficient (Wildman–Crippen LogP) is 1.64. The lowest BCUT2D eigenvalue weighted by atomic mass is 10.0. The number of nitrogens with zero attached hydrogens (tertiary/aromatic N) is 2. The molecular formula is C12H15FN2O5. The van der Waals surface area contributed by atoms with Crippen molar-refractivity contribution in [1.29, 1.82) is 0 Å². The Morgan fingerprint density at radius 2 is 2.05 bits per heavy atom. The van der Waals surface area contributed by atoms with Crippen LogP contribution in [0.25, 0.3) is 0 Å². The van der Waals surface area contributed by atoms with Crippen molar-refractivity contribution in [2.75, 3.05) is 18.6 Å². The van der Waals surface area contributed by atoms with Crippen LogP contribution in [0, 0.1) is 15.9 Å². The number of hydrogen-bond acceptors (Lipinski definition) is 5. The minimum atomic E-state index is -1.58. The van der Waals surface area contributed by atoms with E-state index in [4.69, 9.17) is 5.11 Å². The first kappa shape index (κ1) is 15.8. The van der Waals surface area contributed by atoms with E-state index in [0.717, 1.165) is 6.07 Å². The number of halogens is 1. The second kappa shape index (κ2) is 5.41. The van der Waals surface area contributed by atoms with Crippen LogP contribution in [0.5, 0.6) is 0 Å². The molecule has 7 nitrogen and oxygen atoms in total. The summed E-state index contributed by atoms with van der Waals surface area (Å²) in [5.41, 5.74) is -2.28. The first-order chi connectivity index (χ1) is 9.11. The Labute approximate surface area is 114 Å². The van der Waals surface area contributed by atoms with Crippen molar-refractivity contribution < 1.29 is 24.3 Å². The van der Waals surface area contributed by atoms with Crippen LogP contribution in [0.15, 0.2) is 12.1 Å². The molecule has 0 aliphatic carbocycles. The number of rotatable bonds is 5. The van der Waals surface area contributed by atoms with Crippen molar-refractivity contribution in [3.8, 4) is 0 Å². The number of nitro benzene ring substituents is 1. The molecule has 110 valence electrons. The van der Waals surface area contributed by atoms with Crippen LogP contribution in [0.3, 0.4) is 0 Å². The molecule has 0 heterocycles. The average molecular weight is 286 g/mol. The molecule has 0 unspecified atom stereocenters. The van der Waals surface area contributed by atoms with Gasteiger partial charge in [-0.05, 0) is 13.8 Å². The summed E-state index contributed by atoms with van der Waals surface area (Å²) < 4.78 is 13.7. The molecule has 0 bridgehead atoms. The van der Waals surface area contributed by atoms with Crippen LogP contribution >= 0.6 is 0 Å². The van der Waals surface area contributed by atoms with Crippen LogP contribution in [0.2, 0.25) is 0 Å². The molecule has 0 saturated heterocycles. The minimum Gasteiger partial charge on any atom is -0.478 e. The number of aromatic carboxylic acids is 1. The number of aliphatic hydroxyl groups excluding tert-OH is 1. The summed E-state index contributed by atoms with van der Waals surface area (Å²) in [4.78, 5) is 22.4. The first-order valence-electron chi connectivity index (χ1n) is 5.67. The van der Waals surface area contributed by atoms with E-state index in [9.17, 15) is 24.4 Å². The lowest BCUT2D eigenvalue weighted by Crippen LogP contribution is -2.44. The van der Waals surface area contributed by atoms with Gasteiger partial charge in [0.05, 0.1) is 17.1 Å². The maximum atomic E-state index is 13.7. The number of anilines is 1. The smallest absolute Gasteiger partial charge is 0.338 e. The second-order valence-electron chi connectivity index (χ2n) is 4.91. The maximum Gasteiger partial charge on any atom is 0.338 e. The van der Waals surface area contributed by atoms with Gasteiger partial charge in [-0.3, -0.25) is 10.1 Å². The molecule has 0 aliphatic rings. The van der Waals surface area contributed by atoms with Gasteiger partial charge in [-0.2, -0.15) is 0 Å². The van der Waals surface area contributed by atoms with E-state index in [-0.39, 0.29) is 12.3 Å². The number of carboxylic acid groups (broad SMARTS) is 1. The molecule has 8 heteroatoms. The van der Waals surface area contributed by atoms with Gasteiger partial charge < -0.3 is 15.1 Å². The Morgan fingerprint density at radius 1 is 1.50 bits per heavy atom. The number of carboxylic acids is 1. The van der Waals surface area contributed by atoms with Gasteiger partial charge in [-0.1, -0.05) is 0 Å². The highest BCUT2D eigenvalue weighted by atomic mass is 19.1. The Kier molecular flexibility index (Phi) is 4.29. The van der Waals surface area contributed by atoms with Crippen LogP contribution in [0.1, 0.15) is 24.2 Å². The number of nitro groups is 1. The molecule has 1 aromatic carbocycles. The Bertz CT molecular complexity index is 559. The zero-order valence-electron chi connectivity index (χ0n) is 11.3. The van der Waals surface area contributed by atoms with Crippen LogP contribution in [0.4, 0.5) is 15.8 Å². The fourth-order valence-electron chi connectivity index (χ4n) is 1.56. The van der Waals surface area contributed by atoms with E-state index in [0.29, 0.717) is 6.07 Å². The highest BCUT2D eigenvalue weighted by Crippen LogP contribution is 2.34. The molecule has 0 fully saturated rings. The van der Waals surface area contributed by atoms with Gasteiger partial charge in [0.1, 0.15) is 17.1 Å². The molecule has 0 saturated carbocycles. The van der Waals surface area contributed by atoms with Crippen LogP contribution < -0.4 is 4.90 Å². The zero-order valence-corrected chi connectivity index (χ0v) is 11.3. The van der Waals surface area contributed by atoms with Gasteiger partial charge in [0.25, 0.3) is 5.69 Å². The van der Waals surface area contributed by atoms with E-state index in [1.54, 1.807) is 13.8 Å². The molecule has 0 aromatic heterocycles. The minimum absolute atomic E-state index is 0.100. The molecule has 2 N–H and O–H groups in total. The summed E-state index contributed by atoms with van der Waals surface area (Å²) in [6.45, 7) is 2.91. The van der Waals surface area contributed by atoms with Crippen LogP contribution in [-0.4, -0.2) is 40.3 Å². The largest absolute Gasteiger partial charge is 0.478 e. The lowest BCUT2D eigenvalue weighted by Gasteiger charge is -2.35. The predicted molar refractivity (Wildman–Crippen MR) is 69.6 cm³/mol. The SMILES string of the molecule is CN(c1cc(F)c(C(=O)O)cc1[N+](=O)[O-])C(C)(C)CO. The van der Waals surface area contributed by atoms with E-state index in [1.807, 2.05) is 0 Å². The molecule has 0 amide bonds. The molecule has 0 aliphatic heterocycles. The van der Waals surface area contributed by atoms with Gasteiger partial charge in [-0.25, -0.2) is 9.18 Å². The normalized spacial score (nSPS) is 11.2. The third-order valence-electron chi connectivity index (χ3n) is 3.15. The number of hydrogen-bond donors (Lipinski definition) is 2. The van der Waals surface area contributed by atoms with Crippen molar-refractivity contribution in [3.63, 3.8) is 0 Å². The molecular weight excluding hydrogens is 271 g/mol. The topological polar surface area (TPSA) is 104 Å². The quantitative estimate of drug-likeness (QED) is 0.630. The fraction of sp³-hybridized carbons (Fsp3) is 0.417. The van der Waals surface area contributed by atoms with Gasteiger partial charge >= 0.3 is 5.97 Å². The summed E-state index contributed by atoms with van der Waals surface area (Å²) >= 11 is 0. The molecule has 1 rings (SSSR count). The molecule has 0 atom stereocenters. The highest BCUT2D eigenvalue weighted by molar-refractivity contribution is 5.90. The molecule has 1 aromatic rings. The average Bonchev–Trinajstić information content (AvgIpc) is 2.36. The van der Waals surface area contributed by atoms with Crippen molar-refractivity contribution >= 4 is 17.3 Å². The molecule has 0 spiro atoms. The van der Waals surface area contributed by atoms with Gasteiger partial charge in [-0.15, -0.1) is 0 Å². The Hall–Kier alpha value is -2.22. The third kappa shape index (κ3) is 2.85. The Morgan fingerprint density at radius 3 is 2.45 bits per heavy atom. The Balaban J connectivity index is 3.51. The van der Waals surface area contributed by atoms with Gasteiger partial charge in [0, 0.05) is 19.2 Å². The monoisotopic (exact) mass is 286 g/mol. The van der Waals surface area contributed by atoms with Crippen molar-refractivity contribution in [1.82, 2.24) is 0 Å². The van der Waals surface area contributed by atoms with Crippen molar-refractivity contribution in [3.05, 3.63) is 33.6 Å². The maximum absolute atomic E-state index is 13.7. The van der Waals surface area contributed by atoms with E-state index in [1.165, 1.54) is 11.9 Å². The first-order valence-corrected chi connectivity index (χ1v) is 5.67. The summed E-state index contributed by atoms with van der Waals surface area (Å²) in [6, 6.07) is 1.47. The lowest BCUT2D eigenvalue weighted by molar-refractivity contribution is -0.384. The number of likely N-dealkylation sites (N-methyl/N-ethyl adjacent to an activating group) is 1. The number of benzene rings is 1. The van der Waals surface area contributed by atoms with Gasteiger partial charge in [0.2, 0.25) is 0 Å². The summed E-state index contributed by atoms with van der Waals surface area (Å²) in [5, 5.41) is 29.1. The molecule has 0 radical (unpaired) electrons. The zero-order chi connectivity index (χ0) is 15.7. The highest BCUT2D eigenvalue weighted by Gasteiger charge is 2.30. The van der Waals surface area contributed by atoms with E-state index < -0.39 is 33.5 Å². The fourth-order valence-corrected chi connectivity index (χ4v) is 1.56. The van der Waals surface area contributed by atoms with E-state index >= 15 is 0 Å². The summed E-state index contributed by atoms with van der Waals surface area (Å²) in [6.07, 6.45) is 0. The van der Waals surface area contributed by atoms with Crippen LogP contribution in [-0.2, 0) is 0 Å². The van der Waals surface area contributed by atoms with Gasteiger partial charge in [0.15, 0.2) is 0 Å². The van der Waals surface area contributed by atoms with Crippen molar-refractivity contribution in [2.45, 2.75) is 19.4 Å². The summed E-state index contributed by atoms with van der Waals surface area (Å²) in [5.74, 6) is -2.65. The summed E-state index contributed by atoms with van der Waals surface area (Å²) in [7, 11) is 1.46. The molecule has 20 heavy (non-hydrogen) atoms. The van der Waals surface area contributed by atoms with E-state index in [2.05, 4.69) is 0 Å². The standard InChI is InChI=1S/C12H15FN2O5/c1-12(2,6-16)14(3)9-5-8(13)7(11(17)18)4-10(9)15(19)20/h4-5,16H,6H2,1-3H3,(H,17,18). The van der Waals surface area contributed by atoms with Crippen molar-refractivity contribution in [2.24, 2.45) is 0 Å².